The highest BCUT2D eigenvalue weighted by Crippen LogP contribution is 2.21. The normalized spacial score (nSPS) is 12.4. The van der Waals surface area contributed by atoms with Crippen LogP contribution in [0.5, 0.6) is 0 Å². The summed E-state index contributed by atoms with van der Waals surface area (Å²) in [5, 5.41) is 0. The van der Waals surface area contributed by atoms with Gasteiger partial charge < -0.3 is 4.90 Å². The van der Waals surface area contributed by atoms with E-state index in [2.05, 4.69) is 32.6 Å². The van der Waals surface area contributed by atoms with E-state index in [0.29, 0.717) is 11.7 Å². The molecule has 0 aliphatic rings. The van der Waals surface area contributed by atoms with Gasteiger partial charge in [-0.15, -0.1) is 0 Å². The topological polar surface area (TPSA) is 20.3 Å². The summed E-state index contributed by atoms with van der Waals surface area (Å²) in [6.07, 6.45) is 35.4. The first-order valence-corrected chi connectivity index (χ1v) is 17.9. The predicted octanol–water partition coefficient (Wildman–Crippen LogP) is 12.1. The number of carbonyl (C=O) groups excluding carboxylic acids is 1. The van der Waals surface area contributed by atoms with Crippen molar-refractivity contribution in [2.24, 2.45) is 5.92 Å². The Morgan fingerprint density at radius 2 is 0.789 bits per heavy atom. The van der Waals surface area contributed by atoms with Gasteiger partial charge in [0, 0.05) is 12.3 Å². The molecule has 0 fully saturated rings. The van der Waals surface area contributed by atoms with Crippen molar-refractivity contribution in [2.45, 2.75) is 201 Å². The van der Waals surface area contributed by atoms with Crippen molar-refractivity contribution in [2.75, 3.05) is 19.6 Å². The molecular formula is C36H73NO. The molecular weight excluding hydrogens is 462 g/mol. The number of rotatable bonds is 32. The molecule has 0 saturated carbocycles. The number of unbranched alkanes of at least 4 members (excludes halogenated alkanes) is 19. The molecule has 0 radical (unpaired) electrons. The van der Waals surface area contributed by atoms with Crippen molar-refractivity contribution in [1.29, 1.82) is 0 Å². The third-order valence-corrected chi connectivity index (χ3v) is 8.57. The van der Waals surface area contributed by atoms with Gasteiger partial charge in [0.15, 0.2) is 0 Å². The molecule has 0 amide bonds. The molecule has 0 bridgehead atoms. The van der Waals surface area contributed by atoms with Gasteiger partial charge in [-0.05, 0) is 58.2 Å². The van der Waals surface area contributed by atoms with E-state index >= 15 is 0 Å². The fourth-order valence-corrected chi connectivity index (χ4v) is 5.82. The van der Waals surface area contributed by atoms with Gasteiger partial charge in [0.25, 0.3) is 0 Å². The minimum atomic E-state index is 0.360. The summed E-state index contributed by atoms with van der Waals surface area (Å²) < 4.78 is 0. The quantitative estimate of drug-likeness (QED) is 0.0798. The lowest BCUT2D eigenvalue weighted by atomic mass is 9.89. The minimum absolute atomic E-state index is 0.360. The predicted molar refractivity (Wildman–Crippen MR) is 172 cm³/mol. The summed E-state index contributed by atoms with van der Waals surface area (Å²) in [6.45, 7) is 13.1. The van der Waals surface area contributed by atoms with Crippen molar-refractivity contribution >= 4 is 5.78 Å². The third-order valence-electron chi connectivity index (χ3n) is 8.57. The minimum Gasteiger partial charge on any atom is -0.303 e. The third kappa shape index (κ3) is 25.9. The van der Waals surface area contributed by atoms with E-state index in [0.717, 1.165) is 25.7 Å². The van der Waals surface area contributed by atoms with Gasteiger partial charge in [0.05, 0.1) is 0 Å². The molecule has 0 aliphatic heterocycles. The molecule has 1 unspecified atom stereocenters. The van der Waals surface area contributed by atoms with Gasteiger partial charge in [0.1, 0.15) is 5.78 Å². The first-order valence-electron chi connectivity index (χ1n) is 17.9. The highest BCUT2D eigenvalue weighted by atomic mass is 16.1. The van der Waals surface area contributed by atoms with Crippen LogP contribution in [0.2, 0.25) is 0 Å². The van der Waals surface area contributed by atoms with Gasteiger partial charge in [-0.25, -0.2) is 0 Å². The number of hydrogen-bond donors (Lipinski definition) is 0. The molecule has 0 aromatic heterocycles. The van der Waals surface area contributed by atoms with Crippen molar-refractivity contribution in [1.82, 2.24) is 4.90 Å². The van der Waals surface area contributed by atoms with Crippen LogP contribution in [0.25, 0.3) is 0 Å². The molecule has 38 heavy (non-hydrogen) atoms. The molecule has 0 saturated heterocycles. The van der Waals surface area contributed by atoms with E-state index < -0.39 is 0 Å². The van der Waals surface area contributed by atoms with Crippen LogP contribution in [-0.4, -0.2) is 30.3 Å². The fraction of sp³-hybridized carbons (Fsp3) is 0.972. The zero-order chi connectivity index (χ0) is 27.9. The molecule has 1 atom stereocenters. The van der Waals surface area contributed by atoms with Crippen LogP contribution in [0.3, 0.4) is 0 Å². The molecule has 2 heteroatoms. The molecule has 0 spiro atoms. The maximum atomic E-state index is 12.8. The van der Waals surface area contributed by atoms with Crippen molar-refractivity contribution in [3.63, 3.8) is 0 Å². The smallest absolute Gasteiger partial charge is 0.135 e. The van der Waals surface area contributed by atoms with Crippen molar-refractivity contribution in [3.8, 4) is 0 Å². The molecule has 2 nitrogen and oxygen atoms in total. The lowest BCUT2D eigenvalue weighted by molar-refractivity contribution is -0.123. The van der Waals surface area contributed by atoms with E-state index in [4.69, 9.17) is 0 Å². The van der Waals surface area contributed by atoms with Crippen LogP contribution in [0, 0.1) is 5.92 Å². The average Bonchev–Trinajstić information content (AvgIpc) is 2.93. The number of nitrogens with zero attached hydrogens (tertiary/aromatic N) is 1. The maximum Gasteiger partial charge on any atom is 0.135 e. The summed E-state index contributed by atoms with van der Waals surface area (Å²) in [6, 6.07) is 0. The Bertz CT molecular complexity index is 462. The average molecular weight is 536 g/mol. The van der Waals surface area contributed by atoms with E-state index in [1.807, 2.05) is 0 Å². The van der Waals surface area contributed by atoms with E-state index in [1.165, 1.54) is 167 Å². The van der Waals surface area contributed by atoms with Crippen molar-refractivity contribution in [3.05, 3.63) is 0 Å². The Labute approximate surface area is 241 Å². The molecule has 0 N–H and O–H groups in total. The molecule has 0 aromatic rings. The molecule has 228 valence electrons. The summed E-state index contributed by atoms with van der Waals surface area (Å²) >= 11 is 0. The molecule has 0 rings (SSSR count). The number of ketones is 1. The summed E-state index contributed by atoms with van der Waals surface area (Å²) in [7, 11) is 0. The lowest BCUT2D eigenvalue weighted by Gasteiger charge is -2.22. The Morgan fingerprint density at radius 3 is 1.29 bits per heavy atom. The molecule has 0 heterocycles. The SMILES string of the molecule is CCCCCCCCCCN(CCCC)CCCCCCCCCCC(=O)C(CCCC)CCCCCC. The second-order valence-electron chi connectivity index (χ2n) is 12.4. The number of hydrogen-bond acceptors (Lipinski definition) is 2. The van der Waals surface area contributed by atoms with E-state index in [9.17, 15) is 4.79 Å². The summed E-state index contributed by atoms with van der Waals surface area (Å²) in [5.41, 5.74) is 0. The number of Topliss-reactive ketones (excluding diaryl/α,β-unsaturated/α-hetero) is 1. The highest BCUT2D eigenvalue weighted by Gasteiger charge is 2.16. The first kappa shape index (κ1) is 37.6. The number of carbonyl (C=O) groups is 1. The van der Waals surface area contributed by atoms with Gasteiger partial charge in [-0.2, -0.15) is 0 Å². The van der Waals surface area contributed by atoms with Crippen LogP contribution in [-0.2, 0) is 4.79 Å². The largest absolute Gasteiger partial charge is 0.303 e. The fourth-order valence-electron chi connectivity index (χ4n) is 5.82. The van der Waals surface area contributed by atoms with E-state index in [-0.39, 0.29) is 0 Å². The lowest BCUT2D eigenvalue weighted by Crippen LogP contribution is -2.27. The second kappa shape index (κ2) is 31.2. The van der Waals surface area contributed by atoms with Gasteiger partial charge in [-0.1, -0.05) is 156 Å². The van der Waals surface area contributed by atoms with Gasteiger partial charge >= 0.3 is 0 Å². The standard InChI is InChI=1S/C36H73NO/c1-5-9-13-15-16-20-23-27-33-37(32-12-8-4)34-28-24-21-18-17-19-22-26-31-36(38)35(29-11-7-3)30-25-14-10-6-2/h35H,5-34H2,1-4H3. The van der Waals surface area contributed by atoms with Gasteiger partial charge in [-0.3, -0.25) is 4.79 Å². The zero-order valence-electron chi connectivity index (χ0n) is 27.1. The monoisotopic (exact) mass is 536 g/mol. The molecule has 0 aromatic carbocycles. The Hall–Kier alpha value is -0.370. The highest BCUT2D eigenvalue weighted by molar-refractivity contribution is 5.80. The van der Waals surface area contributed by atoms with Crippen LogP contribution in [0.1, 0.15) is 201 Å². The first-order chi connectivity index (χ1) is 18.7. The van der Waals surface area contributed by atoms with Crippen LogP contribution in [0.4, 0.5) is 0 Å². The van der Waals surface area contributed by atoms with Crippen LogP contribution < -0.4 is 0 Å². The Morgan fingerprint density at radius 1 is 0.421 bits per heavy atom. The van der Waals surface area contributed by atoms with Crippen LogP contribution >= 0.6 is 0 Å². The zero-order valence-corrected chi connectivity index (χ0v) is 27.1. The van der Waals surface area contributed by atoms with Gasteiger partial charge in [0.2, 0.25) is 0 Å². The second-order valence-corrected chi connectivity index (χ2v) is 12.4. The molecule has 0 aliphatic carbocycles. The summed E-state index contributed by atoms with van der Waals surface area (Å²) in [4.78, 5) is 15.5. The van der Waals surface area contributed by atoms with Crippen LogP contribution in [0.15, 0.2) is 0 Å². The Kier molecular flexibility index (Phi) is 30.9. The van der Waals surface area contributed by atoms with Crippen molar-refractivity contribution < 1.29 is 4.79 Å². The Balaban J connectivity index is 3.79. The maximum absolute atomic E-state index is 12.8. The summed E-state index contributed by atoms with van der Waals surface area (Å²) in [5.74, 6) is 0.939. The van der Waals surface area contributed by atoms with E-state index in [1.54, 1.807) is 0 Å².